The molecule has 0 unspecified atom stereocenters. The lowest BCUT2D eigenvalue weighted by Crippen LogP contribution is -2.00. The van der Waals surface area contributed by atoms with Crippen LogP contribution in [0.2, 0.25) is 0 Å². The SMILES string of the molecule is O=C(O)Cc1cc(Br)c(F)cc1O. The lowest BCUT2D eigenvalue weighted by molar-refractivity contribution is -0.136. The minimum absolute atomic E-state index is 0.140. The Balaban J connectivity index is 3.08. The predicted molar refractivity (Wildman–Crippen MR) is 47.1 cm³/mol. The van der Waals surface area contributed by atoms with Crippen LogP contribution in [0.3, 0.4) is 0 Å². The zero-order chi connectivity index (χ0) is 10.0. The largest absolute Gasteiger partial charge is 0.508 e. The molecule has 0 saturated heterocycles. The standard InChI is InChI=1S/C8H6BrFO3/c9-5-1-4(2-8(12)13)7(11)3-6(5)10/h1,3,11H,2H2,(H,12,13). The molecule has 0 aliphatic heterocycles. The van der Waals surface area contributed by atoms with Crippen LogP contribution in [-0.2, 0) is 11.2 Å². The second-order valence-electron chi connectivity index (χ2n) is 2.47. The molecular formula is C8H6BrFO3. The first-order valence-corrected chi connectivity index (χ1v) is 4.18. The van der Waals surface area contributed by atoms with Crippen molar-refractivity contribution in [2.45, 2.75) is 6.42 Å². The number of phenols is 1. The average Bonchev–Trinajstić information content (AvgIpc) is 1.99. The molecule has 0 atom stereocenters. The van der Waals surface area contributed by atoms with E-state index in [1.165, 1.54) is 6.07 Å². The first-order chi connectivity index (χ1) is 6.00. The van der Waals surface area contributed by atoms with Crippen LogP contribution < -0.4 is 0 Å². The summed E-state index contributed by atoms with van der Waals surface area (Å²) in [5.41, 5.74) is 0.181. The Morgan fingerprint density at radius 2 is 2.15 bits per heavy atom. The Morgan fingerprint density at radius 1 is 1.54 bits per heavy atom. The van der Waals surface area contributed by atoms with Gasteiger partial charge in [-0.25, -0.2) is 4.39 Å². The highest BCUT2D eigenvalue weighted by atomic mass is 79.9. The van der Waals surface area contributed by atoms with E-state index in [2.05, 4.69) is 15.9 Å². The normalized spacial score (nSPS) is 10.0. The van der Waals surface area contributed by atoms with Crippen LogP contribution in [-0.4, -0.2) is 16.2 Å². The topological polar surface area (TPSA) is 57.5 Å². The molecule has 1 aromatic carbocycles. The summed E-state index contributed by atoms with van der Waals surface area (Å²) in [4.78, 5) is 10.3. The number of carboxylic acid groups (broad SMARTS) is 1. The highest BCUT2D eigenvalue weighted by Gasteiger charge is 2.09. The number of phenolic OH excluding ortho intramolecular Hbond substituents is 1. The zero-order valence-electron chi connectivity index (χ0n) is 6.42. The molecule has 0 radical (unpaired) electrons. The Kier molecular flexibility index (Phi) is 2.87. The Labute approximate surface area is 81.9 Å². The molecule has 70 valence electrons. The van der Waals surface area contributed by atoms with E-state index < -0.39 is 11.8 Å². The Bertz CT molecular complexity index is 351. The summed E-state index contributed by atoms with van der Waals surface area (Å²) >= 11 is 2.89. The van der Waals surface area contributed by atoms with Crippen molar-refractivity contribution in [1.29, 1.82) is 0 Å². The second kappa shape index (κ2) is 3.74. The van der Waals surface area contributed by atoms with Gasteiger partial charge in [-0.1, -0.05) is 0 Å². The van der Waals surface area contributed by atoms with Gasteiger partial charge in [0, 0.05) is 11.6 Å². The monoisotopic (exact) mass is 248 g/mol. The molecule has 0 fully saturated rings. The summed E-state index contributed by atoms with van der Waals surface area (Å²) in [6.07, 6.45) is -0.329. The maximum absolute atomic E-state index is 12.7. The summed E-state index contributed by atoms with van der Waals surface area (Å²) < 4.78 is 12.9. The molecule has 0 aliphatic rings. The summed E-state index contributed by atoms with van der Waals surface area (Å²) in [5.74, 6) is -2.04. The highest BCUT2D eigenvalue weighted by Crippen LogP contribution is 2.25. The molecule has 1 rings (SSSR count). The number of aromatic hydroxyl groups is 1. The lowest BCUT2D eigenvalue weighted by Gasteiger charge is -2.02. The fourth-order valence-electron chi connectivity index (χ4n) is 0.882. The second-order valence-corrected chi connectivity index (χ2v) is 3.32. The van der Waals surface area contributed by atoms with Crippen LogP contribution in [0.5, 0.6) is 5.75 Å². The molecule has 0 aromatic heterocycles. The van der Waals surface area contributed by atoms with Gasteiger partial charge in [-0.05, 0) is 22.0 Å². The molecule has 2 N–H and O–H groups in total. The van der Waals surface area contributed by atoms with Crippen molar-refractivity contribution in [3.8, 4) is 5.75 Å². The third-order valence-electron chi connectivity index (χ3n) is 1.46. The van der Waals surface area contributed by atoms with Crippen molar-refractivity contribution in [3.63, 3.8) is 0 Å². The maximum atomic E-state index is 12.7. The molecule has 1 aromatic rings. The number of rotatable bonds is 2. The van der Waals surface area contributed by atoms with Gasteiger partial charge in [0.25, 0.3) is 0 Å². The number of carboxylic acids is 1. The van der Waals surface area contributed by atoms with Crippen LogP contribution >= 0.6 is 15.9 Å². The third-order valence-corrected chi connectivity index (χ3v) is 2.07. The van der Waals surface area contributed by atoms with Gasteiger partial charge in [-0.2, -0.15) is 0 Å². The smallest absolute Gasteiger partial charge is 0.307 e. The lowest BCUT2D eigenvalue weighted by atomic mass is 10.1. The molecule has 0 heterocycles. The van der Waals surface area contributed by atoms with E-state index in [0.29, 0.717) is 0 Å². The fraction of sp³-hybridized carbons (Fsp3) is 0.125. The summed E-state index contributed by atoms with van der Waals surface area (Å²) in [5, 5.41) is 17.6. The molecule has 13 heavy (non-hydrogen) atoms. The first-order valence-electron chi connectivity index (χ1n) is 3.39. The van der Waals surface area contributed by atoms with E-state index in [1.807, 2.05) is 0 Å². The van der Waals surface area contributed by atoms with E-state index in [4.69, 9.17) is 10.2 Å². The third kappa shape index (κ3) is 2.42. The molecule has 0 bridgehead atoms. The number of aliphatic carboxylic acids is 1. The molecule has 0 amide bonds. The fourth-order valence-corrected chi connectivity index (χ4v) is 1.27. The van der Waals surface area contributed by atoms with Gasteiger partial charge in [-0.3, -0.25) is 4.79 Å². The van der Waals surface area contributed by atoms with E-state index in [0.717, 1.165) is 6.07 Å². The van der Waals surface area contributed by atoms with Crippen LogP contribution in [0, 0.1) is 5.82 Å². The average molecular weight is 249 g/mol. The van der Waals surface area contributed by atoms with E-state index in [1.54, 1.807) is 0 Å². The van der Waals surface area contributed by atoms with Gasteiger partial charge in [0.15, 0.2) is 0 Å². The van der Waals surface area contributed by atoms with E-state index in [-0.39, 0.29) is 22.2 Å². The molecule has 0 aliphatic carbocycles. The minimum atomic E-state index is -1.08. The van der Waals surface area contributed by atoms with Gasteiger partial charge < -0.3 is 10.2 Å². The van der Waals surface area contributed by atoms with E-state index >= 15 is 0 Å². The van der Waals surface area contributed by atoms with Gasteiger partial charge in [-0.15, -0.1) is 0 Å². The highest BCUT2D eigenvalue weighted by molar-refractivity contribution is 9.10. The van der Waals surface area contributed by atoms with Crippen molar-refractivity contribution in [3.05, 3.63) is 28.0 Å². The Hall–Kier alpha value is -1.10. The van der Waals surface area contributed by atoms with Gasteiger partial charge in [0.05, 0.1) is 10.9 Å². The summed E-state index contributed by atoms with van der Waals surface area (Å²) in [6, 6.07) is 2.13. The molecule has 0 spiro atoms. The van der Waals surface area contributed by atoms with Gasteiger partial charge in [0.2, 0.25) is 0 Å². The van der Waals surface area contributed by atoms with E-state index in [9.17, 15) is 9.18 Å². The Morgan fingerprint density at radius 3 is 2.69 bits per heavy atom. The van der Waals surface area contributed by atoms with Gasteiger partial charge in [0.1, 0.15) is 11.6 Å². The summed E-state index contributed by atoms with van der Waals surface area (Å²) in [6.45, 7) is 0. The number of halogens is 2. The molecule has 5 heteroatoms. The molecule has 0 saturated carbocycles. The van der Waals surface area contributed by atoms with Crippen LogP contribution in [0.4, 0.5) is 4.39 Å². The van der Waals surface area contributed by atoms with Crippen LogP contribution in [0.25, 0.3) is 0 Å². The summed E-state index contributed by atoms with van der Waals surface area (Å²) in [7, 11) is 0. The molecular weight excluding hydrogens is 243 g/mol. The van der Waals surface area contributed by atoms with Crippen molar-refractivity contribution in [2.24, 2.45) is 0 Å². The van der Waals surface area contributed by atoms with Crippen LogP contribution in [0.1, 0.15) is 5.56 Å². The van der Waals surface area contributed by atoms with Gasteiger partial charge >= 0.3 is 5.97 Å². The minimum Gasteiger partial charge on any atom is -0.508 e. The maximum Gasteiger partial charge on any atom is 0.307 e. The number of benzene rings is 1. The number of hydrogen-bond acceptors (Lipinski definition) is 2. The first kappa shape index (κ1) is 9.98. The molecule has 3 nitrogen and oxygen atoms in total. The van der Waals surface area contributed by atoms with Crippen molar-refractivity contribution >= 4 is 21.9 Å². The predicted octanol–water partition coefficient (Wildman–Crippen LogP) is 1.92. The zero-order valence-corrected chi connectivity index (χ0v) is 8.01. The van der Waals surface area contributed by atoms with Crippen molar-refractivity contribution in [1.82, 2.24) is 0 Å². The van der Waals surface area contributed by atoms with Crippen molar-refractivity contribution < 1.29 is 19.4 Å². The quantitative estimate of drug-likeness (QED) is 0.841. The van der Waals surface area contributed by atoms with Crippen LogP contribution in [0.15, 0.2) is 16.6 Å². The number of hydrogen-bond donors (Lipinski definition) is 2. The number of carbonyl (C=O) groups is 1. The van der Waals surface area contributed by atoms with Crippen molar-refractivity contribution in [2.75, 3.05) is 0 Å².